The van der Waals surface area contributed by atoms with Crippen molar-refractivity contribution in [2.75, 3.05) is 20.6 Å². The molecule has 0 bridgehead atoms. The number of fused-ring (bicyclic) bond motifs is 1. The van der Waals surface area contributed by atoms with Crippen molar-refractivity contribution < 1.29 is 4.79 Å². The summed E-state index contributed by atoms with van der Waals surface area (Å²) in [6, 6.07) is 8.76. The molecule has 1 N–H and O–H groups in total. The summed E-state index contributed by atoms with van der Waals surface area (Å²) in [7, 11) is 3.86. The van der Waals surface area contributed by atoms with E-state index >= 15 is 0 Å². The lowest BCUT2D eigenvalue weighted by Gasteiger charge is -2.25. The molecule has 1 unspecified atom stereocenters. The standard InChI is InChI=1S/C15H22N2O.ClH/c1-16-11-5-8-15(18)17(2)14-10-9-12-6-3-4-7-13(12)14;/h3-4,6-7,14,16H,5,8-11H2,1-2H3;1H. The van der Waals surface area contributed by atoms with Crippen molar-refractivity contribution in [1.29, 1.82) is 0 Å². The van der Waals surface area contributed by atoms with Crippen molar-refractivity contribution in [2.24, 2.45) is 0 Å². The van der Waals surface area contributed by atoms with Crippen molar-refractivity contribution in [1.82, 2.24) is 10.2 Å². The van der Waals surface area contributed by atoms with Crippen molar-refractivity contribution in [3.63, 3.8) is 0 Å². The van der Waals surface area contributed by atoms with E-state index in [-0.39, 0.29) is 24.4 Å². The highest BCUT2D eigenvalue weighted by molar-refractivity contribution is 5.85. The van der Waals surface area contributed by atoms with Crippen LogP contribution in [0.2, 0.25) is 0 Å². The highest BCUT2D eigenvalue weighted by Crippen LogP contribution is 2.34. The van der Waals surface area contributed by atoms with Gasteiger partial charge in [-0.1, -0.05) is 24.3 Å². The monoisotopic (exact) mass is 282 g/mol. The van der Waals surface area contributed by atoms with Gasteiger partial charge in [0.2, 0.25) is 5.91 Å². The number of hydrogen-bond acceptors (Lipinski definition) is 2. The molecule has 0 heterocycles. The van der Waals surface area contributed by atoms with Crippen LogP contribution in [0, 0.1) is 0 Å². The SMILES string of the molecule is CNCCCC(=O)N(C)C1CCc2ccccc21.Cl. The number of halogens is 1. The lowest BCUT2D eigenvalue weighted by atomic mass is 10.1. The Kier molecular flexibility index (Phi) is 6.32. The number of hydrogen-bond donors (Lipinski definition) is 1. The molecule has 4 heteroatoms. The molecular weight excluding hydrogens is 260 g/mol. The summed E-state index contributed by atoms with van der Waals surface area (Å²) in [6.07, 6.45) is 3.70. The third-order valence-electron chi connectivity index (χ3n) is 3.78. The molecule has 0 aliphatic heterocycles. The summed E-state index contributed by atoms with van der Waals surface area (Å²) in [5.74, 6) is 0.256. The average Bonchev–Trinajstić information content (AvgIpc) is 2.82. The minimum Gasteiger partial charge on any atom is -0.339 e. The summed E-state index contributed by atoms with van der Waals surface area (Å²) < 4.78 is 0. The summed E-state index contributed by atoms with van der Waals surface area (Å²) in [6.45, 7) is 0.904. The molecule has 1 atom stereocenters. The van der Waals surface area contributed by atoms with Crippen molar-refractivity contribution in [3.8, 4) is 0 Å². The zero-order chi connectivity index (χ0) is 13.0. The normalized spacial score (nSPS) is 16.6. The molecule has 1 aromatic carbocycles. The summed E-state index contributed by atoms with van der Waals surface area (Å²) >= 11 is 0. The maximum atomic E-state index is 12.1. The Morgan fingerprint density at radius 2 is 2.16 bits per heavy atom. The molecule has 0 radical (unpaired) electrons. The largest absolute Gasteiger partial charge is 0.339 e. The van der Waals surface area contributed by atoms with E-state index in [1.54, 1.807) is 0 Å². The molecule has 0 saturated heterocycles. The molecule has 1 amide bonds. The minimum atomic E-state index is 0. The van der Waals surface area contributed by atoms with Gasteiger partial charge in [0.25, 0.3) is 0 Å². The molecule has 106 valence electrons. The van der Waals surface area contributed by atoms with Gasteiger partial charge in [-0.2, -0.15) is 0 Å². The number of benzene rings is 1. The van der Waals surface area contributed by atoms with E-state index in [0.717, 1.165) is 25.8 Å². The number of rotatable bonds is 5. The average molecular weight is 283 g/mol. The minimum absolute atomic E-state index is 0. The van der Waals surface area contributed by atoms with Crippen molar-refractivity contribution in [3.05, 3.63) is 35.4 Å². The van der Waals surface area contributed by atoms with Gasteiger partial charge in [0.05, 0.1) is 6.04 Å². The first-order valence-corrected chi connectivity index (χ1v) is 6.72. The molecule has 0 fully saturated rings. The topological polar surface area (TPSA) is 32.3 Å². The molecular formula is C15H23ClN2O. The van der Waals surface area contributed by atoms with E-state index < -0.39 is 0 Å². The molecule has 2 rings (SSSR count). The van der Waals surface area contributed by atoms with Crippen LogP contribution < -0.4 is 5.32 Å². The Morgan fingerprint density at radius 1 is 1.42 bits per heavy atom. The molecule has 0 aromatic heterocycles. The number of nitrogens with zero attached hydrogens (tertiary/aromatic N) is 1. The van der Waals surface area contributed by atoms with Gasteiger partial charge in [-0.3, -0.25) is 4.79 Å². The van der Waals surface area contributed by atoms with E-state index in [1.165, 1.54) is 11.1 Å². The summed E-state index contributed by atoms with van der Waals surface area (Å²) in [5.41, 5.74) is 2.74. The van der Waals surface area contributed by atoms with Crippen LogP contribution in [0.3, 0.4) is 0 Å². The molecule has 0 spiro atoms. The molecule has 1 aromatic rings. The van der Waals surface area contributed by atoms with Gasteiger partial charge in [0, 0.05) is 13.5 Å². The van der Waals surface area contributed by atoms with Crippen LogP contribution in [0.5, 0.6) is 0 Å². The van der Waals surface area contributed by atoms with Gasteiger partial charge in [-0.25, -0.2) is 0 Å². The van der Waals surface area contributed by atoms with Crippen LogP contribution in [-0.4, -0.2) is 31.4 Å². The van der Waals surface area contributed by atoms with Crippen LogP contribution >= 0.6 is 12.4 Å². The van der Waals surface area contributed by atoms with Crippen LogP contribution in [0.4, 0.5) is 0 Å². The van der Waals surface area contributed by atoms with Crippen LogP contribution in [-0.2, 0) is 11.2 Å². The van der Waals surface area contributed by atoms with Gasteiger partial charge in [0.1, 0.15) is 0 Å². The second kappa shape index (κ2) is 7.51. The predicted molar refractivity (Wildman–Crippen MR) is 80.7 cm³/mol. The first kappa shape index (κ1) is 16.0. The first-order chi connectivity index (χ1) is 8.74. The van der Waals surface area contributed by atoms with Crippen molar-refractivity contribution in [2.45, 2.75) is 31.7 Å². The lowest BCUT2D eigenvalue weighted by molar-refractivity contribution is -0.132. The zero-order valence-corrected chi connectivity index (χ0v) is 12.5. The number of nitrogens with one attached hydrogen (secondary N) is 1. The van der Waals surface area contributed by atoms with Crippen LogP contribution in [0.25, 0.3) is 0 Å². The van der Waals surface area contributed by atoms with Gasteiger partial charge < -0.3 is 10.2 Å². The van der Waals surface area contributed by atoms with E-state index in [0.29, 0.717) is 6.42 Å². The molecule has 0 saturated carbocycles. The Bertz CT molecular complexity index is 422. The maximum absolute atomic E-state index is 12.1. The van der Waals surface area contributed by atoms with Crippen LogP contribution in [0.15, 0.2) is 24.3 Å². The lowest BCUT2D eigenvalue weighted by Crippen LogP contribution is -2.30. The predicted octanol–water partition coefficient (Wildman–Crippen LogP) is 2.55. The smallest absolute Gasteiger partial charge is 0.222 e. The third kappa shape index (κ3) is 3.71. The Balaban J connectivity index is 0.00000180. The Hall–Kier alpha value is -1.06. The van der Waals surface area contributed by atoms with E-state index in [2.05, 4.69) is 29.6 Å². The molecule has 1 aliphatic carbocycles. The number of carbonyl (C=O) groups excluding carboxylic acids is 1. The van der Waals surface area contributed by atoms with Gasteiger partial charge in [0.15, 0.2) is 0 Å². The number of carbonyl (C=O) groups is 1. The fourth-order valence-corrected chi connectivity index (χ4v) is 2.70. The fourth-order valence-electron chi connectivity index (χ4n) is 2.70. The van der Waals surface area contributed by atoms with Crippen LogP contribution in [0.1, 0.15) is 36.4 Å². The Morgan fingerprint density at radius 3 is 2.89 bits per heavy atom. The first-order valence-electron chi connectivity index (χ1n) is 6.72. The van der Waals surface area contributed by atoms with Crippen molar-refractivity contribution >= 4 is 18.3 Å². The highest BCUT2D eigenvalue weighted by Gasteiger charge is 2.27. The van der Waals surface area contributed by atoms with Gasteiger partial charge >= 0.3 is 0 Å². The third-order valence-corrected chi connectivity index (χ3v) is 3.78. The molecule has 1 aliphatic rings. The number of amides is 1. The quantitative estimate of drug-likeness (QED) is 0.842. The van der Waals surface area contributed by atoms with Gasteiger partial charge in [-0.05, 0) is 44.0 Å². The summed E-state index contributed by atoms with van der Waals surface area (Å²) in [4.78, 5) is 14.0. The molecule has 19 heavy (non-hydrogen) atoms. The van der Waals surface area contributed by atoms with E-state index in [1.807, 2.05) is 19.0 Å². The van der Waals surface area contributed by atoms with E-state index in [9.17, 15) is 4.79 Å². The fraction of sp³-hybridized carbons (Fsp3) is 0.533. The number of aryl methyl sites for hydroxylation is 1. The second-order valence-corrected chi connectivity index (χ2v) is 4.97. The van der Waals surface area contributed by atoms with Gasteiger partial charge in [-0.15, -0.1) is 12.4 Å². The zero-order valence-electron chi connectivity index (χ0n) is 11.7. The summed E-state index contributed by atoms with van der Waals surface area (Å²) in [5, 5.41) is 3.08. The Labute approximate surface area is 121 Å². The second-order valence-electron chi connectivity index (χ2n) is 4.97. The maximum Gasteiger partial charge on any atom is 0.222 e. The van der Waals surface area contributed by atoms with E-state index in [4.69, 9.17) is 0 Å². The highest BCUT2D eigenvalue weighted by atomic mass is 35.5. The molecule has 3 nitrogen and oxygen atoms in total.